The molecule has 2 N–H and O–H groups in total. The lowest BCUT2D eigenvalue weighted by Crippen LogP contribution is -2.08. The van der Waals surface area contributed by atoms with Crippen LogP contribution >= 0.6 is 0 Å². The van der Waals surface area contributed by atoms with Crippen LogP contribution in [0.1, 0.15) is 19.4 Å². The Kier molecular flexibility index (Phi) is 3.03. The Balaban J connectivity index is 2.26. The second-order valence-electron chi connectivity index (χ2n) is 6.08. The molecule has 1 aromatic carbocycles. The van der Waals surface area contributed by atoms with E-state index in [-0.39, 0.29) is 16.9 Å². The number of aliphatic hydroxyl groups is 1. The Morgan fingerprint density at radius 2 is 1.71 bits per heavy atom. The molecule has 4 nitrogen and oxygen atoms in total. The lowest BCUT2D eigenvalue weighted by molar-refractivity contribution is 0.475. The summed E-state index contributed by atoms with van der Waals surface area (Å²) in [4.78, 5) is 12.1. The smallest absolute Gasteiger partial charge is 0.182 e. The monoisotopic (exact) mass is 319 g/mol. The number of hydrogen-bond donors (Lipinski definition) is 2. The van der Waals surface area contributed by atoms with Gasteiger partial charge in [0.05, 0.1) is 22.3 Å². The largest absolute Gasteiger partial charge is 0.512 e. The standard InChI is InChI=1S/C20H17NO3/c1-3-15-17-8-14(24)9-18-16(11(2)22)10-19(21(17)18)20(15)12-4-6-13(23)7-5-12/h4-10,22-23H,3H2,1-2H3/b16-11-. The van der Waals surface area contributed by atoms with E-state index in [4.69, 9.17) is 0 Å². The van der Waals surface area contributed by atoms with E-state index in [1.165, 1.54) is 0 Å². The lowest BCUT2D eigenvalue weighted by atomic mass is 9.99. The third kappa shape index (κ3) is 1.89. The lowest BCUT2D eigenvalue weighted by Gasteiger charge is -2.04. The molecule has 4 heteroatoms. The second-order valence-corrected chi connectivity index (χ2v) is 6.08. The van der Waals surface area contributed by atoms with Crippen LogP contribution in [-0.2, 0) is 6.42 Å². The summed E-state index contributed by atoms with van der Waals surface area (Å²) >= 11 is 0. The van der Waals surface area contributed by atoms with Gasteiger partial charge in [0.1, 0.15) is 5.75 Å². The molecule has 0 aliphatic rings. The Labute approximate surface area is 138 Å². The molecule has 0 aliphatic heterocycles. The highest BCUT2D eigenvalue weighted by Crippen LogP contribution is 2.36. The fourth-order valence-corrected chi connectivity index (χ4v) is 3.59. The predicted molar refractivity (Wildman–Crippen MR) is 95.8 cm³/mol. The van der Waals surface area contributed by atoms with Crippen LogP contribution in [-0.4, -0.2) is 14.6 Å². The SMILES string of the molecule is CCc1c(-c2ccc(O)cc2)c2c/c(=C(\C)O)c3cc(=O)cc1n23. The number of nitrogens with zero attached hydrogens (tertiary/aromatic N) is 1. The molecule has 0 fully saturated rings. The van der Waals surface area contributed by atoms with Crippen molar-refractivity contribution >= 4 is 22.3 Å². The van der Waals surface area contributed by atoms with E-state index >= 15 is 0 Å². The maximum atomic E-state index is 12.1. The van der Waals surface area contributed by atoms with Gasteiger partial charge in [-0.15, -0.1) is 0 Å². The van der Waals surface area contributed by atoms with Gasteiger partial charge >= 0.3 is 0 Å². The van der Waals surface area contributed by atoms with E-state index in [0.717, 1.165) is 39.7 Å². The van der Waals surface area contributed by atoms with Gasteiger partial charge in [0.2, 0.25) is 0 Å². The quantitative estimate of drug-likeness (QED) is 0.596. The number of phenols is 1. The zero-order valence-electron chi connectivity index (χ0n) is 13.5. The van der Waals surface area contributed by atoms with E-state index in [0.29, 0.717) is 5.22 Å². The number of phenolic OH excluding ortho intramolecular Hbond substituents is 1. The minimum absolute atomic E-state index is 0.0671. The Hall–Kier alpha value is -3.01. The number of aryl methyl sites for hydroxylation is 1. The van der Waals surface area contributed by atoms with Gasteiger partial charge in [0.25, 0.3) is 0 Å². The summed E-state index contributed by atoms with van der Waals surface area (Å²) in [6, 6.07) is 12.2. The Bertz CT molecular complexity index is 1170. The summed E-state index contributed by atoms with van der Waals surface area (Å²) in [6.45, 7) is 3.69. The van der Waals surface area contributed by atoms with Crippen molar-refractivity contribution in [1.82, 2.24) is 4.40 Å². The van der Waals surface area contributed by atoms with Crippen LogP contribution in [0.2, 0.25) is 0 Å². The molecule has 0 aliphatic carbocycles. The van der Waals surface area contributed by atoms with E-state index in [2.05, 4.69) is 6.92 Å². The number of aliphatic hydroxyl groups excluding tert-OH is 1. The molecule has 0 spiro atoms. The fourth-order valence-electron chi connectivity index (χ4n) is 3.59. The molecule has 0 amide bonds. The number of aromatic nitrogens is 1. The predicted octanol–water partition coefficient (Wildman–Crippen LogP) is 3.23. The number of rotatable bonds is 2. The molecule has 0 saturated carbocycles. The minimum Gasteiger partial charge on any atom is -0.512 e. The average Bonchev–Trinajstić information content (AvgIpc) is 3.06. The molecule has 0 saturated heterocycles. The van der Waals surface area contributed by atoms with E-state index in [1.54, 1.807) is 31.2 Å². The number of hydrogen-bond acceptors (Lipinski definition) is 3. The van der Waals surface area contributed by atoms with Crippen LogP contribution in [0.4, 0.5) is 0 Å². The number of aromatic hydroxyl groups is 1. The van der Waals surface area contributed by atoms with Crippen LogP contribution in [0, 0.1) is 0 Å². The van der Waals surface area contributed by atoms with E-state index in [9.17, 15) is 15.0 Å². The number of pyridine rings is 1. The minimum atomic E-state index is -0.0671. The van der Waals surface area contributed by atoms with Crippen molar-refractivity contribution in [1.29, 1.82) is 0 Å². The van der Waals surface area contributed by atoms with Gasteiger partial charge in [-0.25, -0.2) is 0 Å². The van der Waals surface area contributed by atoms with Crippen molar-refractivity contribution in [2.75, 3.05) is 0 Å². The molecule has 0 radical (unpaired) electrons. The van der Waals surface area contributed by atoms with Gasteiger partial charge < -0.3 is 14.6 Å². The molecule has 24 heavy (non-hydrogen) atoms. The second kappa shape index (κ2) is 4.99. The molecule has 0 atom stereocenters. The third-order valence-electron chi connectivity index (χ3n) is 4.60. The Morgan fingerprint density at radius 1 is 1.04 bits per heavy atom. The van der Waals surface area contributed by atoms with Crippen molar-refractivity contribution in [2.45, 2.75) is 20.3 Å². The van der Waals surface area contributed by atoms with Crippen molar-refractivity contribution in [3.63, 3.8) is 0 Å². The zero-order valence-corrected chi connectivity index (χ0v) is 13.5. The first kappa shape index (κ1) is 14.6. The summed E-state index contributed by atoms with van der Waals surface area (Å²) in [6.07, 6.45) is 0.785. The van der Waals surface area contributed by atoms with Gasteiger partial charge in [-0.3, -0.25) is 4.79 Å². The van der Waals surface area contributed by atoms with Crippen LogP contribution in [0.25, 0.3) is 33.4 Å². The summed E-state index contributed by atoms with van der Waals surface area (Å²) in [5, 5.41) is 20.2. The molecule has 0 bridgehead atoms. The van der Waals surface area contributed by atoms with E-state index < -0.39 is 0 Å². The molecule has 3 aromatic heterocycles. The fraction of sp³-hybridized carbons (Fsp3) is 0.150. The van der Waals surface area contributed by atoms with Crippen molar-refractivity contribution in [3.05, 3.63) is 63.5 Å². The average molecular weight is 319 g/mol. The summed E-state index contributed by atoms with van der Waals surface area (Å²) in [7, 11) is 0. The highest BCUT2D eigenvalue weighted by atomic mass is 16.3. The van der Waals surface area contributed by atoms with Crippen molar-refractivity contribution < 1.29 is 10.2 Å². The highest BCUT2D eigenvalue weighted by molar-refractivity contribution is 5.95. The first-order valence-corrected chi connectivity index (χ1v) is 7.94. The summed E-state index contributed by atoms with van der Waals surface area (Å²) in [5.74, 6) is 0.413. The van der Waals surface area contributed by atoms with Crippen LogP contribution in [0.3, 0.4) is 0 Å². The maximum Gasteiger partial charge on any atom is 0.182 e. The van der Waals surface area contributed by atoms with Gasteiger partial charge in [-0.1, -0.05) is 19.1 Å². The molecule has 0 unspecified atom stereocenters. The van der Waals surface area contributed by atoms with Crippen LogP contribution in [0.15, 0.2) is 47.3 Å². The molecular weight excluding hydrogens is 302 g/mol. The van der Waals surface area contributed by atoms with Crippen LogP contribution < -0.4 is 10.6 Å². The topological polar surface area (TPSA) is 61.9 Å². The van der Waals surface area contributed by atoms with Crippen molar-refractivity contribution in [2.24, 2.45) is 0 Å². The zero-order chi connectivity index (χ0) is 17.0. The van der Waals surface area contributed by atoms with Gasteiger partial charge in [-0.05, 0) is 42.7 Å². The molecular formula is C20H17NO3. The molecule has 3 heterocycles. The molecule has 4 aromatic rings. The van der Waals surface area contributed by atoms with Crippen molar-refractivity contribution in [3.8, 4) is 16.9 Å². The van der Waals surface area contributed by atoms with Gasteiger partial charge in [0, 0.05) is 22.9 Å². The summed E-state index contributed by atoms with van der Waals surface area (Å²) in [5.41, 5.74) is 5.63. The molecule has 120 valence electrons. The number of benzene rings is 1. The maximum absolute atomic E-state index is 12.1. The Morgan fingerprint density at radius 3 is 2.33 bits per heavy atom. The normalized spacial score (nSPS) is 13.1. The van der Waals surface area contributed by atoms with Gasteiger partial charge in [-0.2, -0.15) is 0 Å². The molecule has 4 rings (SSSR count). The summed E-state index contributed by atoms with van der Waals surface area (Å²) < 4.78 is 2.04. The van der Waals surface area contributed by atoms with Gasteiger partial charge in [0.15, 0.2) is 5.43 Å². The highest BCUT2D eigenvalue weighted by Gasteiger charge is 2.20. The van der Waals surface area contributed by atoms with E-state index in [1.807, 2.05) is 22.6 Å². The first-order valence-electron chi connectivity index (χ1n) is 7.94. The van der Waals surface area contributed by atoms with Crippen LogP contribution in [0.5, 0.6) is 5.75 Å². The third-order valence-corrected chi connectivity index (χ3v) is 4.60. The first-order chi connectivity index (χ1) is 11.5.